The van der Waals surface area contributed by atoms with E-state index in [0.29, 0.717) is 12.1 Å². The zero-order valence-corrected chi connectivity index (χ0v) is 19.7. The molecule has 180 valence electrons. The monoisotopic (exact) mass is 472 g/mol. The molecule has 0 fully saturated rings. The van der Waals surface area contributed by atoms with Gasteiger partial charge in [0.2, 0.25) is 5.91 Å². The lowest BCUT2D eigenvalue weighted by Gasteiger charge is -2.20. The molecule has 0 heterocycles. The fraction of sp³-hybridized carbons (Fsp3) is 0.250. The quantitative estimate of drug-likeness (QED) is 0.478. The molecule has 2 amide bonds. The second-order valence-electron chi connectivity index (χ2n) is 8.71. The van der Waals surface area contributed by atoms with Gasteiger partial charge in [0.05, 0.1) is 5.56 Å². The van der Waals surface area contributed by atoms with Crippen molar-refractivity contribution in [3.63, 3.8) is 0 Å². The minimum absolute atomic E-state index is 0.00815. The minimum Gasteiger partial charge on any atom is -0.478 e. The zero-order chi connectivity index (χ0) is 24.9. The molecule has 1 aliphatic carbocycles. The van der Waals surface area contributed by atoms with Gasteiger partial charge in [-0.15, -0.1) is 0 Å². The fourth-order valence-corrected chi connectivity index (χ4v) is 4.39. The molecule has 1 unspecified atom stereocenters. The van der Waals surface area contributed by atoms with E-state index in [9.17, 15) is 14.4 Å². The van der Waals surface area contributed by atoms with E-state index < -0.39 is 12.1 Å². The SMILES string of the molecule is CC(CCC(=O)N(C)c1ccc(C(=O)O)cc1)NC(=O)OCC1c2ccccc2-c2ccccc21. The lowest BCUT2D eigenvalue weighted by molar-refractivity contribution is -0.118. The molecule has 0 saturated heterocycles. The third kappa shape index (κ3) is 5.35. The van der Waals surface area contributed by atoms with Crippen molar-refractivity contribution in [3.8, 4) is 11.1 Å². The number of carbonyl (C=O) groups excluding carboxylic acids is 2. The Morgan fingerprint density at radius 1 is 0.943 bits per heavy atom. The summed E-state index contributed by atoms with van der Waals surface area (Å²) in [6, 6.07) is 22.2. The van der Waals surface area contributed by atoms with Gasteiger partial charge in [0.15, 0.2) is 0 Å². The Balaban J connectivity index is 1.26. The molecule has 35 heavy (non-hydrogen) atoms. The smallest absolute Gasteiger partial charge is 0.407 e. The van der Waals surface area contributed by atoms with Crippen LogP contribution in [0.3, 0.4) is 0 Å². The number of hydrogen-bond acceptors (Lipinski definition) is 4. The first-order valence-electron chi connectivity index (χ1n) is 11.6. The normalized spacial score (nSPS) is 12.9. The Morgan fingerprint density at radius 3 is 2.09 bits per heavy atom. The lowest BCUT2D eigenvalue weighted by Crippen LogP contribution is -2.35. The minimum atomic E-state index is -1.02. The Bertz CT molecular complexity index is 1190. The summed E-state index contributed by atoms with van der Waals surface area (Å²) in [6.45, 7) is 2.07. The van der Waals surface area contributed by atoms with Crippen LogP contribution in [0.4, 0.5) is 10.5 Å². The molecule has 0 bridgehead atoms. The second kappa shape index (κ2) is 10.4. The number of fused-ring (bicyclic) bond motifs is 3. The summed E-state index contributed by atoms with van der Waals surface area (Å²) in [7, 11) is 1.64. The molecule has 4 rings (SSSR count). The number of anilines is 1. The van der Waals surface area contributed by atoms with Crippen LogP contribution in [0, 0.1) is 0 Å². The molecule has 7 heteroatoms. The number of carboxylic acids is 1. The summed E-state index contributed by atoms with van der Waals surface area (Å²) in [4.78, 5) is 37.5. The number of alkyl carbamates (subject to hydrolysis) is 1. The number of hydrogen-bond donors (Lipinski definition) is 2. The van der Waals surface area contributed by atoms with Gasteiger partial charge in [-0.05, 0) is 59.9 Å². The number of rotatable bonds is 8. The van der Waals surface area contributed by atoms with E-state index in [-0.39, 0.29) is 36.5 Å². The molecular formula is C28H28N2O5. The van der Waals surface area contributed by atoms with Crippen molar-refractivity contribution in [2.45, 2.75) is 31.7 Å². The van der Waals surface area contributed by atoms with Gasteiger partial charge in [-0.25, -0.2) is 9.59 Å². The molecule has 1 aliphatic rings. The maximum Gasteiger partial charge on any atom is 0.407 e. The number of aromatic carboxylic acids is 1. The van der Waals surface area contributed by atoms with Gasteiger partial charge in [0.25, 0.3) is 0 Å². The summed E-state index contributed by atoms with van der Waals surface area (Å²) in [6.07, 6.45) is 0.159. The van der Waals surface area contributed by atoms with Crippen LogP contribution in [0.2, 0.25) is 0 Å². The highest BCUT2D eigenvalue weighted by atomic mass is 16.5. The van der Waals surface area contributed by atoms with Crippen LogP contribution in [-0.4, -0.2) is 42.8 Å². The van der Waals surface area contributed by atoms with Crippen molar-refractivity contribution >= 4 is 23.7 Å². The average Bonchev–Trinajstić information content (AvgIpc) is 3.19. The van der Waals surface area contributed by atoms with Gasteiger partial charge < -0.3 is 20.1 Å². The predicted octanol–water partition coefficient (Wildman–Crippen LogP) is 5.06. The van der Waals surface area contributed by atoms with E-state index in [4.69, 9.17) is 9.84 Å². The molecule has 0 aromatic heterocycles. The van der Waals surface area contributed by atoms with Crippen molar-refractivity contribution in [2.75, 3.05) is 18.6 Å². The van der Waals surface area contributed by atoms with E-state index in [0.717, 1.165) is 11.1 Å². The zero-order valence-electron chi connectivity index (χ0n) is 19.7. The first-order chi connectivity index (χ1) is 16.8. The molecule has 0 aliphatic heterocycles. The molecule has 0 radical (unpaired) electrons. The lowest BCUT2D eigenvalue weighted by atomic mass is 9.98. The van der Waals surface area contributed by atoms with Gasteiger partial charge in [-0.1, -0.05) is 48.5 Å². The highest BCUT2D eigenvalue weighted by Crippen LogP contribution is 2.44. The molecule has 0 saturated carbocycles. The molecule has 3 aromatic carbocycles. The van der Waals surface area contributed by atoms with Gasteiger partial charge in [0.1, 0.15) is 6.61 Å². The Morgan fingerprint density at radius 2 is 1.51 bits per heavy atom. The molecule has 0 spiro atoms. The van der Waals surface area contributed by atoms with Crippen molar-refractivity contribution in [2.24, 2.45) is 0 Å². The standard InChI is InChI=1S/C28H28N2O5/c1-18(11-16-26(31)30(2)20-14-12-19(13-15-20)27(32)33)29-28(34)35-17-25-23-9-5-3-7-21(23)22-8-4-6-10-24(22)25/h3-10,12-15,18,25H,11,16-17H2,1-2H3,(H,29,34)(H,32,33). The summed E-state index contributed by atoms with van der Waals surface area (Å²) in [5, 5.41) is 11.8. The fourth-order valence-electron chi connectivity index (χ4n) is 4.39. The third-order valence-corrected chi connectivity index (χ3v) is 6.37. The number of carbonyl (C=O) groups is 3. The predicted molar refractivity (Wildman–Crippen MR) is 134 cm³/mol. The molecular weight excluding hydrogens is 444 g/mol. The van der Waals surface area contributed by atoms with Crippen LogP contribution in [0.5, 0.6) is 0 Å². The highest BCUT2D eigenvalue weighted by Gasteiger charge is 2.29. The van der Waals surface area contributed by atoms with Crippen LogP contribution in [0.1, 0.15) is 47.2 Å². The number of benzene rings is 3. The number of amides is 2. The van der Waals surface area contributed by atoms with Crippen molar-refractivity contribution < 1.29 is 24.2 Å². The van der Waals surface area contributed by atoms with Gasteiger partial charge in [-0.3, -0.25) is 4.79 Å². The Kier molecular flexibility index (Phi) is 7.15. The number of carboxylic acid groups (broad SMARTS) is 1. The molecule has 2 N–H and O–H groups in total. The second-order valence-corrected chi connectivity index (χ2v) is 8.71. The summed E-state index contributed by atoms with van der Waals surface area (Å²) in [5.74, 6) is -1.15. The Labute approximate surface area is 204 Å². The van der Waals surface area contributed by atoms with E-state index in [1.165, 1.54) is 28.2 Å². The number of nitrogens with zero attached hydrogens (tertiary/aromatic N) is 1. The van der Waals surface area contributed by atoms with E-state index in [1.807, 2.05) is 31.2 Å². The van der Waals surface area contributed by atoms with Gasteiger partial charge in [-0.2, -0.15) is 0 Å². The van der Waals surface area contributed by atoms with Crippen molar-refractivity contribution in [1.82, 2.24) is 5.32 Å². The third-order valence-electron chi connectivity index (χ3n) is 6.37. The summed E-state index contributed by atoms with van der Waals surface area (Å²) < 4.78 is 5.57. The van der Waals surface area contributed by atoms with Crippen LogP contribution in [-0.2, 0) is 9.53 Å². The maximum atomic E-state index is 12.6. The van der Waals surface area contributed by atoms with Crippen LogP contribution in [0.25, 0.3) is 11.1 Å². The summed E-state index contributed by atoms with van der Waals surface area (Å²) >= 11 is 0. The van der Waals surface area contributed by atoms with E-state index in [1.54, 1.807) is 19.2 Å². The maximum absolute atomic E-state index is 12.6. The van der Waals surface area contributed by atoms with Gasteiger partial charge in [0, 0.05) is 31.1 Å². The molecule has 1 atom stereocenters. The molecule has 3 aromatic rings. The summed E-state index contributed by atoms with van der Waals surface area (Å²) in [5.41, 5.74) is 5.42. The van der Waals surface area contributed by atoms with Gasteiger partial charge >= 0.3 is 12.1 Å². The highest BCUT2D eigenvalue weighted by molar-refractivity contribution is 5.94. The Hall–Kier alpha value is -4.13. The number of nitrogens with one attached hydrogen (secondary N) is 1. The number of ether oxygens (including phenoxy) is 1. The van der Waals surface area contributed by atoms with E-state index >= 15 is 0 Å². The van der Waals surface area contributed by atoms with E-state index in [2.05, 4.69) is 29.6 Å². The first-order valence-corrected chi connectivity index (χ1v) is 11.6. The van der Waals surface area contributed by atoms with Crippen LogP contribution < -0.4 is 10.2 Å². The average molecular weight is 473 g/mol. The van der Waals surface area contributed by atoms with Crippen molar-refractivity contribution in [1.29, 1.82) is 0 Å². The molecule has 7 nitrogen and oxygen atoms in total. The topological polar surface area (TPSA) is 95.9 Å². The van der Waals surface area contributed by atoms with Crippen LogP contribution >= 0.6 is 0 Å². The first kappa shape index (κ1) is 24.0. The largest absolute Gasteiger partial charge is 0.478 e. The van der Waals surface area contributed by atoms with Crippen molar-refractivity contribution in [3.05, 3.63) is 89.5 Å². The van der Waals surface area contributed by atoms with Crippen LogP contribution in [0.15, 0.2) is 72.8 Å².